The van der Waals surface area contributed by atoms with Crippen molar-refractivity contribution >= 4 is 16.1 Å². The molecule has 0 saturated carbocycles. The first-order chi connectivity index (χ1) is 10.5. The van der Waals surface area contributed by atoms with E-state index in [1.165, 1.54) is 12.1 Å². The highest BCUT2D eigenvalue weighted by Gasteiger charge is 2.33. The normalized spacial score (nSPS) is 13.5. The van der Waals surface area contributed by atoms with Gasteiger partial charge in [0, 0.05) is 13.2 Å². The van der Waals surface area contributed by atoms with Crippen LogP contribution in [0.25, 0.3) is 0 Å². The Labute approximate surface area is 138 Å². The van der Waals surface area contributed by atoms with Gasteiger partial charge < -0.3 is 9.84 Å². The van der Waals surface area contributed by atoms with Crippen LogP contribution in [-0.2, 0) is 14.8 Å². The number of hydrogen-bond donors (Lipinski definition) is 1. The fourth-order valence-corrected chi connectivity index (χ4v) is 3.18. The van der Waals surface area contributed by atoms with Crippen LogP contribution in [0.1, 0.15) is 33.3 Å². The maximum absolute atomic E-state index is 12.8. The van der Waals surface area contributed by atoms with E-state index in [1.807, 2.05) is 6.92 Å². The van der Waals surface area contributed by atoms with Crippen molar-refractivity contribution in [1.82, 2.24) is 4.31 Å². The number of amides is 1. The van der Waals surface area contributed by atoms with Gasteiger partial charge in [0.25, 0.3) is 10.0 Å². The predicted molar refractivity (Wildman–Crippen MR) is 87.6 cm³/mol. The minimum atomic E-state index is -4.05. The standard InChI is InChI=1S/C16H25NO5S/c1-12-6-8-14(9-7-12)23(20,21)17(10-13(2)11-18)15(19)22-16(3,4)5/h6-9,13,18H,10-11H2,1-5H3/t13-/m1/s1. The minimum Gasteiger partial charge on any atom is -0.443 e. The molecule has 0 aliphatic carbocycles. The molecule has 1 aromatic rings. The summed E-state index contributed by atoms with van der Waals surface area (Å²) in [6, 6.07) is 6.22. The lowest BCUT2D eigenvalue weighted by molar-refractivity contribution is 0.0364. The molecule has 0 aromatic heterocycles. The van der Waals surface area contributed by atoms with Gasteiger partial charge in [0.2, 0.25) is 0 Å². The molecule has 1 aromatic carbocycles. The second kappa shape index (κ2) is 7.31. The minimum absolute atomic E-state index is 0.0131. The van der Waals surface area contributed by atoms with Crippen molar-refractivity contribution in [3.63, 3.8) is 0 Å². The number of ether oxygens (including phenoxy) is 1. The number of rotatable bonds is 5. The van der Waals surface area contributed by atoms with E-state index in [9.17, 15) is 18.3 Å². The summed E-state index contributed by atoms with van der Waals surface area (Å²) in [7, 11) is -4.05. The van der Waals surface area contributed by atoms with Gasteiger partial charge in [-0.25, -0.2) is 17.5 Å². The van der Waals surface area contributed by atoms with Gasteiger partial charge in [0.05, 0.1) is 4.90 Å². The van der Waals surface area contributed by atoms with Crippen LogP contribution in [0, 0.1) is 12.8 Å². The highest BCUT2D eigenvalue weighted by Crippen LogP contribution is 2.21. The summed E-state index contributed by atoms with van der Waals surface area (Å²) in [4.78, 5) is 12.4. The van der Waals surface area contributed by atoms with Gasteiger partial charge in [-0.2, -0.15) is 0 Å². The molecule has 0 unspecified atom stereocenters. The van der Waals surface area contributed by atoms with Crippen LogP contribution in [0.4, 0.5) is 4.79 Å². The summed E-state index contributed by atoms with van der Waals surface area (Å²) in [6.07, 6.45) is -0.946. The maximum Gasteiger partial charge on any atom is 0.424 e. The van der Waals surface area contributed by atoms with E-state index >= 15 is 0 Å². The van der Waals surface area contributed by atoms with E-state index in [1.54, 1.807) is 39.8 Å². The van der Waals surface area contributed by atoms with Crippen LogP contribution in [0.15, 0.2) is 29.2 Å². The molecule has 1 amide bonds. The quantitative estimate of drug-likeness (QED) is 0.888. The Morgan fingerprint density at radius 3 is 2.22 bits per heavy atom. The van der Waals surface area contributed by atoms with Gasteiger partial charge in [-0.15, -0.1) is 0 Å². The Bertz CT molecular complexity index is 631. The van der Waals surface area contributed by atoms with Crippen LogP contribution in [-0.4, -0.2) is 42.7 Å². The average molecular weight is 343 g/mol. The predicted octanol–water partition coefficient (Wildman–Crippen LogP) is 2.55. The zero-order valence-electron chi connectivity index (χ0n) is 14.2. The Hall–Kier alpha value is -1.60. The Balaban J connectivity index is 3.21. The van der Waals surface area contributed by atoms with Crippen LogP contribution < -0.4 is 0 Å². The number of hydrogen-bond acceptors (Lipinski definition) is 5. The molecule has 0 spiro atoms. The van der Waals surface area contributed by atoms with Gasteiger partial charge in [-0.3, -0.25) is 0 Å². The van der Waals surface area contributed by atoms with Crippen LogP contribution in [0.5, 0.6) is 0 Å². The molecule has 0 aliphatic rings. The van der Waals surface area contributed by atoms with Gasteiger partial charge in [0.15, 0.2) is 0 Å². The monoisotopic (exact) mass is 343 g/mol. The lowest BCUT2D eigenvalue weighted by atomic mass is 10.2. The van der Waals surface area contributed by atoms with Crippen LogP contribution in [0.3, 0.4) is 0 Å². The second-order valence-corrected chi connectivity index (χ2v) is 8.48. The summed E-state index contributed by atoms with van der Waals surface area (Å²) in [5.41, 5.74) is 0.0946. The molecule has 0 bridgehead atoms. The van der Waals surface area contributed by atoms with E-state index in [2.05, 4.69) is 0 Å². The Morgan fingerprint density at radius 1 is 1.26 bits per heavy atom. The molecule has 1 atom stereocenters. The van der Waals surface area contributed by atoms with Crippen molar-refractivity contribution < 1.29 is 23.1 Å². The van der Waals surface area contributed by atoms with Crippen molar-refractivity contribution in [2.75, 3.05) is 13.2 Å². The lowest BCUT2D eigenvalue weighted by Gasteiger charge is -2.28. The number of nitrogens with zero attached hydrogens (tertiary/aromatic N) is 1. The zero-order valence-corrected chi connectivity index (χ0v) is 15.1. The van der Waals surface area contributed by atoms with Crippen molar-refractivity contribution in [2.24, 2.45) is 5.92 Å². The number of aryl methyl sites for hydroxylation is 1. The number of carbonyl (C=O) groups excluding carboxylic acids is 1. The maximum atomic E-state index is 12.8. The van der Waals surface area contributed by atoms with Gasteiger partial charge >= 0.3 is 6.09 Å². The SMILES string of the molecule is Cc1ccc(S(=O)(=O)N(C[C@@H](C)CO)C(=O)OC(C)(C)C)cc1. The molecular formula is C16H25NO5S. The summed E-state index contributed by atoms with van der Waals surface area (Å²) in [6.45, 7) is 8.10. The topological polar surface area (TPSA) is 83.9 Å². The third kappa shape index (κ3) is 5.51. The molecule has 1 N–H and O–H groups in total. The van der Waals surface area contributed by atoms with Gasteiger partial charge in [0.1, 0.15) is 5.60 Å². The first-order valence-electron chi connectivity index (χ1n) is 7.40. The van der Waals surface area contributed by atoms with Crippen molar-refractivity contribution in [2.45, 2.75) is 45.1 Å². The molecule has 1 rings (SSSR count). The molecule has 0 fully saturated rings. The van der Waals surface area contributed by atoms with Crippen molar-refractivity contribution in [3.05, 3.63) is 29.8 Å². The number of carbonyl (C=O) groups is 1. The molecule has 23 heavy (non-hydrogen) atoms. The molecule has 0 aliphatic heterocycles. The van der Waals surface area contributed by atoms with E-state index in [4.69, 9.17) is 4.74 Å². The summed E-state index contributed by atoms with van der Waals surface area (Å²) in [5.74, 6) is -0.400. The average Bonchev–Trinajstić information content (AvgIpc) is 2.42. The van der Waals surface area contributed by atoms with Crippen molar-refractivity contribution in [3.8, 4) is 0 Å². The highest BCUT2D eigenvalue weighted by molar-refractivity contribution is 7.89. The lowest BCUT2D eigenvalue weighted by Crippen LogP contribution is -2.43. The third-order valence-corrected chi connectivity index (χ3v) is 4.74. The molecule has 0 saturated heterocycles. The fourth-order valence-electron chi connectivity index (χ4n) is 1.76. The van der Waals surface area contributed by atoms with Crippen LogP contribution in [0.2, 0.25) is 0 Å². The van der Waals surface area contributed by atoms with E-state index in [0.29, 0.717) is 4.31 Å². The highest BCUT2D eigenvalue weighted by atomic mass is 32.2. The largest absolute Gasteiger partial charge is 0.443 e. The number of sulfonamides is 1. The molecule has 6 nitrogen and oxygen atoms in total. The van der Waals surface area contributed by atoms with E-state index < -0.39 is 27.6 Å². The van der Waals surface area contributed by atoms with E-state index in [-0.39, 0.29) is 18.0 Å². The first-order valence-corrected chi connectivity index (χ1v) is 8.84. The molecular weight excluding hydrogens is 318 g/mol. The first kappa shape index (κ1) is 19.4. The Morgan fingerprint density at radius 2 is 1.78 bits per heavy atom. The summed E-state index contributed by atoms with van der Waals surface area (Å²) < 4.78 is 31.4. The third-order valence-electron chi connectivity index (χ3n) is 3.00. The number of aliphatic hydroxyl groups excluding tert-OH is 1. The van der Waals surface area contributed by atoms with E-state index in [0.717, 1.165) is 5.56 Å². The van der Waals surface area contributed by atoms with Gasteiger partial charge in [-0.1, -0.05) is 24.6 Å². The number of benzene rings is 1. The van der Waals surface area contributed by atoms with Crippen molar-refractivity contribution in [1.29, 1.82) is 0 Å². The second-order valence-electron chi connectivity index (χ2n) is 6.62. The molecule has 7 heteroatoms. The smallest absolute Gasteiger partial charge is 0.424 e. The zero-order chi connectivity index (χ0) is 17.8. The fraction of sp³-hybridized carbons (Fsp3) is 0.562. The summed E-state index contributed by atoms with van der Waals surface area (Å²) in [5, 5.41) is 9.20. The number of aliphatic hydroxyl groups is 1. The summed E-state index contributed by atoms with van der Waals surface area (Å²) >= 11 is 0. The molecule has 130 valence electrons. The van der Waals surface area contributed by atoms with Crippen LogP contribution >= 0.6 is 0 Å². The molecule has 0 heterocycles. The van der Waals surface area contributed by atoms with Gasteiger partial charge in [-0.05, 0) is 45.7 Å². The molecule has 0 radical (unpaired) electrons. The Kier molecular flexibility index (Phi) is 6.18.